The third-order valence-electron chi connectivity index (χ3n) is 6.57. The summed E-state index contributed by atoms with van der Waals surface area (Å²) in [6.07, 6.45) is 2.56. The summed E-state index contributed by atoms with van der Waals surface area (Å²) in [6, 6.07) is 20.2. The van der Waals surface area contributed by atoms with E-state index in [-0.39, 0.29) is 23.4 Å². The van der Waals surface area contributed by atoms with Gasteiger partial charge in [-0.3, -0.25) is 4.90 Å². The Balaban J connectivity index is 1.41. The summed E-state index contributed by atoms with van der Waals surface area (Å²) in [6.45, 7) is 4.30. The maximum absolute atomic E-state index is 14.7. The average molecular weight is 434 g/mol. The molecule has 2 heterocycles. The fraction of sp³-hybridized carbons (Fsp3) is 0.333. The van der Waals surface area contributed by atoms with Crippen molar-refractivity contribution in [2.24, 2.45) is 0 Å². The molecule has 1 saturated heterocycles. The molecule has 0 radical (unpaired) electrons. The number of aromatic hydroxyl groups is 1. The first-order chi connectivity index (χ1) is 15.7. The number of ether oxygens (including phenoxy) is 2. The van der Waals surface area contributed by atoms with Crippen LogP contribution >= 0.6 is 0 Å². The van der Waals surface area contributed by atoms with Crippen LogP contribution in [0, 0.1) is 5.82 Å². The molecule has 3 aromatic rings. The van der Waals surface area contributed by atoms with Crippen LogP contribution in [-0.2, 0) is 0 Å². The summed E-state index contributed by atoms with van der Waals surface area (Å²) in [5.74, 6) is 1.16. The van der Waals surface area contributed by atoms with Crippen molar-refractivity contribution < 1.29 is 19.0 Å². The van der Waals surface area contributed by atoms with Crippen LogP contribution in [0.3, 0.4) is 0 Å². The summed E-state index contributed by atoms with van der Waals surface area (Å²) in [5.41, 5.74) is 2.66. The topological polar surface area (TPSA) is 41.9 Å². The van der Waals surface area contributed by atoms with E-state index in [1.54, 1.807) is 18.2 Å². The van der Waals surface area contributed by atoms with Gasteiger partial charge in [0.15, 0.2) is 0 Å². The Kier molecular flexibility index (Phi) is 5.99. The number of phenols is 1. The second kappa shape index (κ2) is 9.21. The summed E-state index contributed by atoms with van der Waals surface area (Å²) < 4.78 is 26.6. The Morgan fingerprint density at radius 3 is 2.53 bits per heavy atom. The molecule has 0 aromatic heterocycles. The number of hydrogen-bond acceptors (Lipinski definition) is 4. The molecule has 2 aliphatic rings. The van der Waals surface area contributed by atoms with Gasteiger partial charge in [-0.2, -0.15) is 0 Å². The van der Waals surface area contributed by atoms with Gasteiger partial charge in [0.2, 0.25) is 0 Å². The highest BCUT2D eigenvalue weighted by Crippen LogP contribution is 2.47. The third-order valence-corrected chi connectivity index (χ3v) is 6.57. The fourth-order valence-corrected chi connectivity index (χ4v) is 4.92. The second-order valence-electron chi connectivity index (χ2n) is 8.61. The molecule has 3 aromatic carbocycles. The van der Waals surface area contributed by atoms with Crippen molar-refractivity contribution in [3.8, 4) is 17.2 Å². The van der Waals surface area contributed by atoms with Crippen molar-refractivity contribution in [3.05, 3.63) is 89.2 Å². The lowest BCUT2D eigenvalue weighted by molar-refractivity contribution is 0.237. The van der Waals surface area contributed by atoms with Crippen LogP contribution in [0.1, 0.15) is 41.4 Å². The van der Waals surface area contributed by atoms with E-state index in [2.05, 4.69) is 17.0 Å². The molecule has 5 rings (SSSR count). The van der Waals surface area contributed by atoms with Gasteiger partial charge in [-0.05, 0) is 61.3 Å². The SMILES string of the molecule is Oc1ccc2c(c1)OC[C@H](c1ccccc1F)[C@@H]2c1ccc(OCCN2CCCC2)cc1. The first-order valence-electron chi connectivity index (χ1n) is 11.3. The minimum absolute atomic E-state index is 0.0881. The Labute approximate surface area is 188 Å². The highest BCUT2D eigenvalue weighted by molar-refractivity contribution is 5.51. The Morgan fingerprint density at radius 1 is 0.969 bits per heavy atom. The predicted octanol–water partition coefficient (Wildman–Crippen LogP) is 5.31. The van der Waals surface area contributed by atoms with E-state index >= 15 is 0 Å². The van der Waals surface area contributed by atoms with E-state index in [1.807, 2.05) is 30.3 Å². The Morgan fingerprint density at radius 2 is 1.75 bits per heavy atom. The van der Waals surface area contributed by atoms with Gasteiger partial charge in [0.1, 0.15) is 29.7 Å². The quantitative estimate of drug-likeness (QED) is 0.572. The standard InChI is InChI=1S/C27H28FNO3/c28-25-6-2-1-5-22(25)24-18-32-26-17-20(30)9-12-23(26)27(24)19-7-10-21(11-8-19)31-16-15-29-13-3-4-14-29/h1-2,5-12,17,24,27,30H,3-4,13-16,18H2/t24-,27-/m1/s1. The Hall–Kier alpha value is -3.05. The molecule has 0 aliphatic carbocycles. The summed E-state index contributed by atoms with van der Waals surface area (Å²) >= 11 is 0. The van der Waals surface area contributed by atoms with Crippen molar-refractivity contribution >= 4 is 0 Å². The minimum Gasteiger partial charge on any atom is -0.508 e. The van der Waals surface area contributed by atoms with Gasteiger partial charge in [-0.15, -0.1) is 0 Å². The number of phenolic OH excluding ortho intramolecular Hbond substituents is 1. The Bertz CT molecular complexity index is 1060. The van der Waals surface area contributed by atoms with Crippen LogP contribution in [0.15, 0.2) is 66.7 Å². The summed E-state index contributed by atoms with van der Waals surface area (Å²) in [7, 11) is 0. The fourth-order valence-electron chi connectivity index (χ4n) is 4.92. The lowest BCUT2D eigenvalue weighted by atomic mass is 9.75. The van der Waals surface area contributed by atoms with Crippen LogP contribution in [0.2, 0.25) is 0 Å². The molecule has 0 unspecified atom stereocenters. The second-order valence-corrected chi connectivity index (χ2v) is 8.61. The molecular weight excluding hydrogens is 405 g/mol. The zero-order chi connectivity index (χ0) is 21.9. The molecule has 2 aliphatic heterocycles. The zero-order valence-electron chi connectivity index (χ0n) is 18.0. The normalized spacial score (nSPS) is 20.5. The number of fused-ring (bicyclic) bond motifs is 1. The number of nitrogens with zero attached hydrogens (tertiary/aromatic N) is 1. The molecule has 166 valence electrons. The van der Waals surface area contributed by atoms with E-state index in [0.29, 0.717) is 24.5 Å². The predicted molar refractivity (Wildman–Crippen MR) is 122 cm³/mol. The lowest BCUT2D eigenvalue weighted by Crippen LogP contribution is -2.26. The number of halogens is 1. The average Bonchev–Trinajstić information content (AvgIpc) is 3.33. The summed E-state index contributed by atoms with van der Waals surface area (Å²) in [5, 5.41) is 9.91. The zero-order valence-corrected chi connectivity index (χ0v) is 18.0. The van der Waals surface area contributed by atoms with Gasteiger partial charge in [-0.25, -0.2) is 4.39 Å². The van der Waals surface area contributed by atoms with Gasteiger partial charge in [0, 0.05) is 30.0 Å². The maximum atomic E-state index is 14.7. The molecule has 1 N–H and O–H groups in total. The first kappa shape index (κ1) is 20.8. The highest BCUT2D eigenvalue weighted by Gasteiger charge is 2.35. The van der Waals surface area contributed by atoms with Gasteiger partial charge >= 0.3 is 0 Å². The molecule has 0 amide bonds. The number of benzene rings is 3. The first-order valence-corrected chi connectivity index (χ1v) is 11.3. The molecular formula is C27H28FNO3. The summed E-state index contributed by atoms with van der Waals surface area (Å²) in [4.78, 5) is 2.43. The minimum atomic E-state index is -0.227. The lowest BCUT2D eigenvalue weighted by Gasteiger charge is -2.34. The van der Waals surface area contributed by atoms with Gasteiger partial charge < -0.3 is 14.6 Å². The molecule has 5 heteroatoms. The van der Waals surface area contributed by atoms with E-state index in [0.717, 1.165) is 23.4 Å². The van der Waals surface area contributed by atoms with Crippen molar-refractivity contribution in [3.63, 3.8) is 0 Å². The van der Waals surface area contributed by atoms with Crippen LogP contribution < -0.4 is 9.47 Å². The number of hydrogen-bond donors (Lipinski definition) is 1. The molecule has 1 fully saturated rings. The molecule has 4 nitrogen and oxygen atoms in total. The third kappa shape index (κ3) is 4.30. The molecule has 32 heavy (non-hydrogen) atoms. The molecule has 2 atom stereocenters. The maximum Gasteiger partial charge on any atom is 0.126 e. The number of rotatable bonds is 6. The van der Waals surface area contributed by atoms with Crippen molar-refractivity contribution in [2.75, 3.05) is 32.8 Å². The van der Waals surface area contributed by atoms with Crippen molar-refractivity contribution in [1.82, 2.24) is 4.90 Å². The van der Waals surface area contributed by atoms with Crippen LogP contribution in [0.4, 0.5) is 4.39 Å². The van der Waals surface area contributed by atoms with Gasteiger partial charge in [0.25, 0.3) is 0 Å². The van der Waals surface area contributed by atoms with E-state index < -0.39 is 0 Å². The van der Waals surface area contributed by atoms with Gasteiger partial charge in [-0.1, -0.05) is 36.4 Å². The molecule has 0 bridgehead atoms. The smallest absolute Gasteiger partial charge is 0.126 e. The van der Waals surface area contributed by atoms with E-state index in [1.165, 1.54) is 32.0 Å². The van der Waals surface area contributed by atoms with Crippen LogP contribution in [0.5, 0.6) is 17.2 Å². The largest absolute Gasteiger partial charge is 0.508 e. The highest BCUT2D eigenvalue weighted by atomic mass is 19.1. The van der Waals surface area contributed by atoms with Crippen LogP contribution in [0.25, 0.3) is 0 Å². The van der Waals surface area contributed by atoms with Crippen molar-refractivity contribution in [2.45, 2.75) is 24.7 Å². The van der Waals surface area contributed by atoms with Gasteiger partial charge in [0.05, 0.1) is 6.61 Å². The molecule has 0 spiro atoms. The molecule has 0 saturated carbocycles. The van der Waals surface area contributed by atoms with Crippen LogP contribution in [-0.4, -0.2) is 42.9 Å². The van der Waals surface area contributed by atoms with E-state index in [4.69, 9.17) is 9.47 Å². The monoisotopic (exact) mass is 433 g/mol. The van der Waals surface area contributed by atoms with E-state index in [9.17, 15) is 9.50 Å². The number of likely N-dealkylation sites (tertiary alicyclic amines) is 1. The van der Waals surface area contributed by atoms with Crippen molar-refractivity contribution in [1.29, 1.82) is 0 Å².